The minimum Gasteiger partial charge on any atom is -0.370 e. The summed E-state index contributed by atoms with van der Waals surface area (Å²) in [7, 11) is 1.61. The van der Waals surface area contributed by atoms with E-state index in [9.17, 15) is 0 Å². The van der Waals surface area contributed by atoms with Crippen LogP contribution in [0.5, 0.6) is 0 Å². The van der Waals surface area contributed by atoms with Crippen LogP contribution in [0.2, 0.25) is 0 Å². The highest BCUT2D eigenvalue weighted by Crippen LogP contribution is 2.30. The van der Waals surface area contributed by atoms with Crippen LogP contribution in [-0.2, 0) is 35.0 Å². The van der Waals surface area contributed by atoms with Crippen LogP contribution in [0.25, 0.3) is 0 Å². The van der Waals surface area contributed by atoms with E-state index in [2.05, 4.69) is 44.7 Å². The lowest BCUT2D eigenvalue weighted by atomic mass is 9.88. The molecule has 1 fully saturated rings. The molecule has 0 spiro atoms. The molecule has 0 N–H and O–H groups in total. The summed E-state index contributed by atoms with van der Waals surface area (Å²) in [6, 6.07) is 10.3. The molecule has 0 aromatic heterocycles. The molecule has 6 nitrogen and oxygen atoms in total. The van der Waals surface area contributed by atoms with Gasteiger partial charge in [0.05, 0.1) is 38.1 Å². The average molecular weight is 519 g/mol. The number of allylic oxidation sites excluding steroid dienone is 1. The molecule has 1 aromatic rings. The van der Waals surface area contributed by atoms with Gasteiger partial charge in [0.15, 0.2) is 6.29 Å². The van der Waals surface area contributed by atoms with E-state index in [1.165, 1.54) is 6.42 Å². The zero-order chi connectivity index (χ0) is 26.8. The van der Waals surface area contributed by atoms with Crippen LogP contribution in [0.15, 0.2) is 54.6 Å². The summed E-state index contributed by atoms with van der Waals surface area (Å²) >= 11 is 0. The normalized spacial score (nSPS) is 19.5. The van der Waals surface area contributed by atoms with Crippen LogP contribution in [-0.4, -0.2) is 58.3 Å². The minimum absolute atomic E-state index is 0.0345. The highest BCUT2D eigenvalue weighted by Gasteiger charge is 2.35. The van der Waals surface area contributed by atoms with Crippen LogP contribution >= 0.6 is 0 Å². The Morgan fingerprint density at radius 2 is 2.03 bits per heavy atom. The second-order valence-electron chi connectivity index (χ2n) is 10.3. The number of benzene rings is 1. The van der Waals surface area contributed by atoms with Gasteiger partial charge in [0.2, 0.25) is 0 Å². The molecule has 0 saturated carbocycles. The predicted octanol–water partition coefficient (Wildman–Crippen LogP) is 6.84. The van der Waals surface area contributed by atoms with Crippen LogP contribution < -0.4 is 0 Å². The third-order valence-electron chi connectivity index (χ3n) is 6.75. The quantitative estimate of drug-likeness (QED) is 0.107. The molecule has 37 heavy (non-hydrogen) atoms. The van der Waals surface area contributed by atoms with Gasteiger partial charge >= 0.3 is 0 Å². The first-order valence-corrected chi connectivity index (χ1v) is 13.8. The van der Waals surface area contributed by atoms with Gasteiger partial charge < -0.3 is 28.4 Å². The van der Waals surface area contributed by atoms with Gasteiger partial charge in [-0.15, -0.1) is 0 Å². The van der Waals surface area contributed by atoms with Gasteiger partial charge in [-0.3, -0.25) is 0 Å². The number of hydrogen-bond acceptors (Lipinski definition) is 6. The Morgan fingerprint density at radius 1 is 1.22 bits per heavy atom. The molecule has 1 aliphatic rings. The second kappa shape index (κ2) is 18.7. The van der Waals surface area contributed by atoms with Gasteiger partial charge in [0, 0.05) is 13.7 Å². The molecule has 0 radical (unpaired) electrons. The van der Waals surface area contributed by atoms with Crippen LogP contribution in [0.3, 0.4) is 0 Å². The molecule has 2 rings (SSSR count). The standard InChI is InChI=1S/C31H50O6/c1-6-7-17-29(35-24-28-15-9-8-10-16-28)31(4,37-23-27(3)21-33-25-32-5)19-13-14-26(2)22-36-30-18-11-12-20-34-30/h6-10,15-16,26,29-30H,3,11-14,17-25H2,1-2,4-5H3/b7-6+/t26?,29-,30?,31+/m0/s1. The number of methoxy groups -OCH3 is 1. The monoisotopic (exact) mass is 518 g/mol. The van der Waals surface area contributed by atoms with Gasteiger partial charge in [-0.1, -0.05) is 62.4 Å². The maximum Gasteiger partial charge on any atom is 0.157 e. The van der Waals surface area contributed by atoms with E-state index in [0.29, 0.717) is 25.7 Å². The summed E-state index contributed by atoms with van der Waals surface area (Å²) in [6.07, 6.45) is 11.2. The summed E-state index contributed by atoms with van der Waals surface area (Å²) in [5.74, 6) is 0.450. The van der Waals surface area contributed by atoms with Gasteiger partial charge in [0.25, 0.3) is 0 Å². The molecule has 0 aliphatic carbocycles. The third kappa shape index (κ3) is 13.2. The molecule has 0 amide bonds. The van der Waals surface area contributed by atoms with Crippen molar-refractivity contribution in [3.05, 3.63) is 60.2 Å². The first-order valence-electron chi connectivity index (χ1n) is 13.8. The summed E-state index contributed by atoms with van der Waals surface area (Å²) in [6.45, 7) is 13.7. The highest BCUT2D eigenvalue weighted by molar-refractivity contribution is 5.13. The first kappa shape index (κ1) is 31.7. The van der Waals surface area contributed by atoms with Gasteiger partial charge in [-0.2, -0.15) is 0 Å². The fraction of sp³-hybridized carbons (Fsp3) is 0.677. The SMILES string of the molecule is C=C(COCOC)CO[C@](C)(CCCC(C)COC1CCCCO1)[C@H](C/C=C/C)OCc1ccccc1. The number of rotatable bonds is 20. The van der Waals surface area contributed by atoms with Crippen molar-refractivity contribution in [1.29, 1.82) is 0 Å². The molecule has 6 heteroatoms. The van der Waals surface area contributed by atoms with Crippen molar-refractivity contribution in [3.63, 3.8) is 0 Å². The predicted molar refractivity (Wildman–Crippen MR) is 148 cm³/mol. The van der Waals surface area contributed by atoms with Crippen molar-refractivity contribution in [3.8, 4) is 0 Å². The minimum atomic E-state index is -0.481. The van der Waals surface area contributed by atoms with Crippen LogP contribution in [0, 0.1) is 5.92 Å². The Bertz CT molecular complexity index is 745. The number of ether oxygens (including phenoxy) is 6. The Morgan fingerprint density at radius 3 is 2.73 bits per heavy atom. The van der Waals surface area contributed by atoms with E-state index in [1.54, 1.807) is 7.11 Å². The Balaban J connectivity index is 1.98. The Hall–Kier alpha value is -1.54. The van der Waals surface area contributed by atoms with E-state index < -0.39 is 5.60 Å². The molecule has 1 saturated heterocycles. The molecule has 2 unspecified atom stereocenters. The van der Waals surface area contributed by atoms with Crippen molar-refractivity contribution in [1.82, 2.24) is 0 Å². The molecule has 0 bridgehead atoms. The number of hydrogen-bond donors (Lipinski definition) is 0. The van der Waals surface area contributed by atoms with E-state index >= 15 is 0 Å². The second-order valence-corrected chi connectivity index (χ2v) is 10.3. The van der Waals surface area contributed by atoms with E-state index in [1.807, 2.05) is 25.1 Å². The topological polar surface area (TPSA) is 55.4 Å². The first-order chi connectivity index (χ1) is 18.0. The van der Waals surface area contributed by atoms with Crippen LogP contribution in [0.1, 0.15) is 71.3 Å². The molecule has 4 atom stereocenters. The summed E-state index contributed by atoms with van der Waals surface area (Å²) < 4.78 is 35.3. The average Bonchev–Trinajstić information content (AvgIpc) is 2.92. The van der Waals surface area contributed by atoms with E-state index in [4.69, 9.17) is 28.4 Å². The van der Waals surface area contributed by atoms with E-state index in [-0.39, 0.29) is 19.2 Å². The van der Waals surface area contributed by atoms with Crippen molar-refractivity contribution in [2.24, 2.45) is 5.92 Å². The smallest absolute Gasteiger partial charge is 0.157 e. The maximum absolute atomic E-state index is 6.58. The summed E-state index contributed by atoms with van der Waals surface area (Å²) in [5.41, 5.74) is 1.56. The van der Waals surface area contributed by atoms with Crippen molar-refractivity contribution in [2.75, 3.05) is 40.3 Å². The van der Waals surface area contributed by atoms with E-state index in [0.717, 1.165) is 62.9 Å². The fourth-order valence-corrected chi connectivity index (χ4v) is 4.43. The lowest BCUT2D eigenvalue weighted by molar-refractivity contribution is -0.169. The molecular weight excluding hydrogens is 468 g/mol. The largest absolute Gasteiger partial charge is 0.370 e. The van der Waals surface area contributed by atoms with Crippen molar-refractivity contribution < 1.29 is 28.4 Å². The lowest BCUT2D eigenvalue weighted by Gasteiger charge is -2.38. The highest BCUT2D eigenvalue weighted by atomic mass is 16.7. The molecule has 1 aromatic carbocycles. The zero-order valence-corrected chi connectivity index (χ0v) is 23.6. The van der Waals surface area contributed by atoms with Gasteiger partial charge in [-0.25, -0.2) is 0 Å². The van der Waals surface area contributed by atoms with Gasteiger partial charge in [0.1, 0.15) is 6.79 Å². The molecule has 1 heterocycles. The summed E-state index contributed by atoms with van der Waals surface area (Å²) in [4.78, 5) is 0. The summed E-state index contributed by atoms with van der Waals surface area (Å²) in [5, 5.41) is 0. The fourth-order valence-electron chi connectivity index (χ4n) is 4.43. The maximum atomic E-state index is 6.58. The molecular formula is C31H50O6. The lowest BCUT2D eigenvalue weighted by Crippen LogP contribution is -2.44. The van der Waals surface area contributed by atoms with Crippen molar-refractivity contribution >= 4 is 0 Å². The Labute approximate surface area is 225 Å². The van der Waals surface area contributed by atoms with Crippen molar-refractivity contribution in [2.45, 2.75) is 90.3 Å². The third-order valence-corrected chi connectivity index (χ3v) is 6.75. The zero-order valence-electron chi connectivity index (χ0n) is 23.6. The molecule has 1 aliphatic heterocycles. The van der Waals surface area contributed by atoms with Crippen LogP contribution in [0.4, 0.5) is 0 Å². The Kier molecular flexibility index (Phi) is 16.0. The molecule has 210 valence electrons. The van der Waals surface area contributed by atoms with Gasteiger partial charge in [-0.05, 0) is 69.4 Å².